The Balaban J connectivity index is 1.68. The molecule has 0 unspecified atom stereocenters. The second kappa shape index (κ2) is 7.19. The lowest BCUT2D eigenvalue weighted by Gasteiger charge is -2.14. The standard InChI is InChI=1S/C19H17BrN2O3/c1-12-2-7-16(15(20)10-12)21-19(25)14-5-3-13(4-6-14)11-22-17(23)8-9-18(22)24/h2-7,10H,8-9,11H2,1H3,(H,21,25). The molecule has 0 radical (unpaired) electrons. The number of hydrogen-bond donors (Lipinski definition) is 1. The lowest BCUT2D eigenvalue weighted by molar-refractivity contribution is -0.139. The molecule has 2 aromatic carbocycles. The number of hydrogen-bond acceptors (Lipinski definition) is 3. The molecule has 1 aliphatic heterocycles. The Morgan fingerprint density at radius 3 is 2.32 bits per heavy atom. The van der Waals surface area contributed by atoms with Crippen LogP contribution in [0.1, 0.15) is 34.3 Å². The zero-order valence-corrected chi connectivity index (χ0v) is 15.3. The summed E-state index contributed by atoms with van der Waals surface area (Å²) in [6, 6.07) is 12.6. The predicted molar refractivity (Wildman–Crippen MR) is 98.1 cm³/mol. The van der Waals surface area contributed by atoms with Crippen LogP contribution in [0.2, 0.25) is 0 Å². The van der Waals surface area contributed by atoms with Crippen LogP contribution in [0.15, 0.2) is 46.9 Å². The molecule has 5 nitrogen and oxygen atoms in total. The van der Waals surface area contributed by atoms with E-state index in [1.807, 2.05) is 25.1 Å². The molecule has 0 bridgehead atoms. The zero-order valence-electron chi connectivity index (χ0n) is 13.7. The van der Waals surface area contributed by atoms with E-state index in [2.05, 4.69) is 21.2 Å². The summed E-state index contributed by atoms with van der Waals surface area (Å²) in [4.78, 5) is 36.9. The molecule has 2 aromatic rings. The topological polar surface area (TPSA) is 66.5 Å². The molecular weight excluding hydrogens is 384 g/mol. The van der Waals surface area contributed by atoms with Gasteiger partial charge in [0.05, 0.1) is 12.2 Å². The number of benzene rings is 2. The number of imide groups is 1. The highest BCUT2D eigenvalue weighted by molar-refractivity contribution is 9.10. The number of nitrogens with one attached hydrogen (secondary N) is 1. The fourth-order valence-electron chi connectivity index (χ4n) is 2.66. The highest BCUT2D eigenvalue weighted by Gasteiger charge is 2.28. The van der Waals surface area contributed by atoms with Crippen LogP contribution in [0, 0.1) is 6.92 Å². The van der Waals surface area contributed by atoms with Gasteiger partial charge in [0, 0.05) is 22.9 Å². The van der Waals surface area contributed by atoms with Gasteiger partial charge < -0.3 is 5.32 Å². The number of aryl methyl sites for hydroxylation is 1. The number of halogens is 1. The SMILES string of the molecule is Cc1ccc(NC(=O)c2ccc(CN3C(=O)CCC3=O)cc2)c(Br)c1. The molecule has 1 aliphatic rings. The van der Waals surface area contributed by atoms with Crippen LogP contribution in [-0.2, 0) is 16.1 Å². The molecular formula is C19H17BrN2O3. The van der Waals surface area contributed by atoms with Gasteiger partial charge in [-0.3, -0.25) is 19.3 Å². The summed E-state index contributed by atoms with van der Waals surface area (Å²) >= 11 is 3.44. The van der Waals surface area contributed by atoms with E-state index >= 15 is 0 Å². The van der Waals surface area contributed by atoms with Gasteiger partial charge in [-0.25, -0.2) is 0 Å². The van der Waals surface area contributed by atoms with E-state index < -0.39 is 0 Å². The number of carbonyl (C=O) groups excluding carboxylic acids is 3. The Kier molecular flexibility index (Phi) is 4.99. The average Bonchev–Trinajstić information content (AvgIpc) is 2.90. The van der Waals surface area contributed by atoms with Crippen molar-refractivity contribution in [2.45, 2.75) is 26.3 Å². The van der Waals surface area contributed by atoms with Crippen LogP contribution in [0.4, 0.5) is 5.69 Å². The van der Waals surface area contributed by atoms with Gasteiger partial charge in [0.25, 0.3) is 5.91 Å². The maximum absolute atomic E-state index is 12.4. The van der Waals surface area contributed by atoms with Gasteiger partial charge in [-0.05, 0) is 58.2 Å². The Hall–Kier alpha value is -2.47. The van der Waals surface area contributed by atoms with Crippen LogP contribution < -0.4 is 5.32 Å². The Morgan fingerprint density at radius 2 is 1.72 bits per heavy atom. The zero-order chi connectivity index (χ0) is 18.0. The largest absolute Gasteiger partial charge is 0.321 e. The fourth-order valence-corrected chi connectivity index (χ4v) is 3.25. The van der Waals surface area contributed by atoms with Crippen LogP contribution in [0.5, 0.6) is 0 Å². The second-order valence-electron chi connectivity index (χ2n) is 6.01. The molecule has 6 heteroatoms. The summed E-state index contributed by atoms with van der Waals surface area (Å²) in [6.45, 7) is 2.23. The number of likely N-dealkylation sites (tertiary alicyclic amines) is 1. The first kappa shape index (κ1) is 17.4. The Morgan fingerprint density at radius 1 is 1.08 bits per heavy atom. The summed E-state index contributed by atoms with van der Waals surface area (Å²) in [5.41, 5.74) is 3.13. The molecule has 128 valence electrons. The van der Waals surface area contributed by atoms with Crippen molar-refractivity contribution >= 4 is 39.3 Å². The molecule has 0 atom stereocenters. The van der Waals surface area contributed by atoms with Crippen molar-refractivity contribution in [3.8, 4) is 0 Å². The minimum Gasteiger partial charge on any atom is -0.321 e. The molecule has 3 rings (SSSR count). The molecule has 1 saturated heterocycles. The van der Waals surface area contributed by atoms with Crippen molar-refractivity contribution in [2.24, 2.45) is 0 Å². The van der Waals surface area contributed by atoms with E-state index in [4.69, 9.17) is 0 Å². The highest BCUT2D eigenvalue weighted by Crippen LogP contribution is 2.24. The van der Waals surface area contributed by atoms with Gasteiger partial charge in [0.1, 0.15) is 0 Å². The van der Waals surface area contributed by atoms with Gasteiger partial charge in [0.2, 0.25) is 11.8 Å². The molecule has 1 heterocycles. The van der Waals surface area contributed by atoms with Gasteiger partial charge in [-0.2, -0.15) is 0 Å². The average molecular weight is 401 g/mol. The minimum absolute atomic E-state index is 0.143. The molecule has 3 amide bonds. The number of carbonyl (C=O) groups is 3. The smallest absolute Gasteiger partial charge is 0.255 e. The molecule has 0 saturated carbocycles. The van der Waals surface area contributed by atoms with E-state index in [-0.39, 0.29) is 37.1 Å². The maximum Gasteiger partial charge on any atom is 0.255 e. The van der Waals surface area contributed by atoms with Gasteiger partial charge in [0.15, 0.2) is 0 Å². The van der Waals surface area contributed by atoms with E-state index in [1.54, 1.807) is 24.3 Å². The highest BCUT2D eigenvalue weighted by atomic mass is 79.9. The second-order valence-corrected chi connectivity index (χ2v) is 6.86. The van der Waals surface area contributed by atoms with E-state index in [0.29, 0.717) is 11.3 Å². The monoisotopic (exact) mass is 400 g/mol. The molecule has 0 spiro atoms. The predicted octanol–water partition coefficient (Wildman–Crippen LogP) is 3.66. The summed E-state index contributed by atoms with van der Waals surface area (Å²) in [7, 11) is 0. The fraction of sp³-hybridized carbons (Fsp3) is 0.211. The quantitative estimate of drug-likeness (QED) is 0.796. The summed E-state index contributed by atoms with van der Waals surface area (Å²) in [5, 5.41) is 2.86. The first-order valence-electron chi connectivity index (χ1n) is 7.93. The van der Waals surface area contributed by atoms with Crippen LogP contribution in [-0.4, -0.2) is 22.6 Å². The Bertz CT molecular complexity index is 830. The third-order valence-electron chi connectivity index (χ3n) is 4.08. The van der Waals surface area contributed by atoms with E-state index in [1.165, 1.54) is 4.90 Å². The van der Waals surface area contributed by atoms with Crippen molar-refractivity contribution in [3.05, 3.63) is 63.6 Å². The van der Waals surface area contributed by atoms with Crippen molar-refractivity contribution in [3.63, 3.8) is 0 Å². The minimum atomic E-state index is -0.218. The molecule has 0 aliphatic carbocycles. The van der Waals surface area contributed by atoms with Crippen molar-refractivity contribution in [1.82, 2.24) is 4.90 Å². The number of amides is 3. The lowest BCUT2D eigenvalue weighted by Crippen LogP contribution is -2.28. The molecule has 0 aromatic heterocycles. The summed E-state index contributed by atoms with van der Waals surface area (Å²) in [5.74, 6) is -0.503. The summed E-state index contributed by atoms with van der Waals surface area (Å²) < 4.78 is 0.823. The first-order valence-corrected chi connectivity index (χ1v) is 8.73. The normalized spacial score (nSPS) is 14.1. The van der Waals surface area contributed by atoms with Crippen molar-refractivity contribution in [1.29, 1.82) is 0 Å². The molecule has 25 heavy (non-hydrogen) atoms. The Labute approximate surface area is 154 Å². The van der Waals surface area contributed by atoms with E-state index in [0.717, 1.165) is 15.6 Å². The third-order valence-corrected chi connectivity index (χ3v) is 4.74. The molecule has 1 N–H and O–H groups in total. The van der Waals surface area contributed by atoms with Crippen LogP contribution in [0.3, 0.4) is 0 Å². The van der Waals surface area contributed by atoms with E-state index in [9.17, 15) is 14.4 Å². The van der Waals surface area contributed by atoms with Crippen molar-refractivity contribution in [2.75, 3.05) is 5.32 Å². The van der Waals surface area contributed by atoms with Gasteiger partial charge in [-0.15, -0.1) is 0 Å². The lowest BCUT2D eigenvalue weighted by atomic mass is 10.1. The third kappa shape index (κ3) is 3.96. The first-order chi connectivity index (χ1) is 11.9. The van der Waals surface area contributed by atoms with Crippen LogP contribution in [0.25, 0.3) is 0 Å². The summed E-state index contributed by atoms with van der Waals surface area (Å²) in [6.07, 6.45) is 0.565. The number of rotatable bonds is 4. The number of nitrogens with zero attached hydrogens (tertiary/aromatic N) is 1. The maximum atomic E-state index is 12.4. The van der Waals surface area contributed by atoms with Crippen molar-refractivity contribution < 1.29 is 14.4 Å². The molecule has 1 fully saturated rings. The van der Waals surface area contributed by atoms with Gasteiger partial charge in [-0.1, -0.05) is 18.2 Å². The van der Waals surface area contributed by atoms with Gasteiger partial charge >= 0.3 is 0 Å². The van der Waals surface area contributed by atoms with Crippen LogP contribution >= 0.6 is 15.9 Å². The number of anilines is 1.